The summed E-state index contributed by atoms with van der Waals surface area (Å²) in [4.78, 5) is 24.7. The van der Waals surface area contributed by atoms with E-state index >= 15 is 0 Å². The van der Waals surface area contributed by atoms with Crippen molar-refractivity contribution in [3.05, 3.63) is 0 Å². The molecular weight excluding hydrogens is 244 g/mol. The molecule has 1 unspecified atom stereocenters. The maximum Gasteiger partial charge on any atom is 0.327 e. The predicted molar refractivity (Wildman–Crippen MR) is 72.6 cm³/mol. The minimum Gasteiger partial charge on any atom is -0.480 e. The molecule has 2 N–H and O–H groups in total. The van der Waals surface area contributed by atoms with Crippen molar-refractivity contribution < 1.29 is 14.7 Å². The van der Waals surface area contributed by atoms with E-state index in [0.717, 1.165) is 19.3 Å². The fourth-order valence-electron chi connectivity index (χ4n) is 2.49. The van der Waals surface area contributed by atoms with Crippen LogP contribution in [0.2, 0.25) is 0 Å². The largest absolute Gasteiger partial charge is 0.480 e. The van der Waals surface area contributed by atoms with E-state index < -0.39 is 12.0 Å². The summed E-state index contributed by atoms with van der Waals surface area (Å²) in [6.45, 7) is 5.62. The second-order valence-corrected chi connectivity index (χ2v) is 5.13. The zero-order valence-electron chi connectivity index (χ0n) is 11.6. The first-order valence-corrected chi connectivity index (χ1v) is 6.69. The molecule has 0 radical (unpaired) electrons. The number of nitrogens with zero attached hydrogens (tertiary/aromatic N) is 1. The van der Waals surface area contributed by atoms with Crippen LogP contribution in [0.4, 0.5) is 4.79 Å². The normalized spacial score (nSPS) is 18.7. The minimum atomic E-state index is -1.09. The molecular formula is C14H22N2O3. The number of carboxylic acids is 1. The Labute approximate surface area is 114 Å². The molecule has 5 heteroatoms. The van der Waals surface area contributed by atoms with E-state index in [1.54, 1.807) is 4.90 Å². The van der Waals surface area contributed by atoms with Gasteiger partial charge in [0.2, 0.25) is 0 Å². The van der Waals surface area contributed by atoms with Gasteiger partial charge < -0.3 is 15.3 Å². The number of rotatable bonds is 5. The highest BCUT2D eigenvalue weighted by Gasteiger charge is 2.37. The quantitative estimate of drug-likeness (QED) is 0.744. The fraction of sp³-hybridized carbons (Fsp3) is 0.714. The molecule has 1 aliphatic rings. The Kier molecular flexibility index (Phi) is 5.22. The number of terminal acetylenes is 1. The number of carbonyl (C=O) groups excluding carboxylic acids is 1. The third-order valence-electron chi connectivity index (χ3n) is 4.14. The molecule has 106 valence electrons. The van der Waals surface area contributed by atoms with Gasteiger partial charge in [0, 0.05) is 19.5 Å². The lowest BCUT2D eigenvalue weighted by Gasteiger charge is -2.26. The maximum absolute atomic E-state index is 12.0. The van der Waals surface area contributed by atoms with Gasteiger partial charge in [-0.05, 0) is 24.7 Å². The van der Waals surface area contributed by atoms with Crippen molar-refractivity contribution in [2.24, 2.45) is 5.41 Å². The number of nitrogens with one attached hydrogen (secondary N) is 1. The smallest absolute Gasteiger partial charge is 0.327 e. The van der Waals surface area contributed by atoms with Crippen LogP contribution in [0.1, 0.15) is 39.5 Å². The summed E-state index contributed by atoms with van der Waals surface area (Å²) in [5.74, 6) is 1.17. The molecule has 1 saturated heterocycles. The third-order valence-corrected chi connectivity index (χ3v) is 4.14. The van der Waals surface area contributed by atoms with E-state index in [0.29, 0.717) is 13.1 Å². The molecule has 1 aliphatic heterocycles. The Morgan fingerprint density at radius 1 is 1.47 bits per heavy atom. The highest BCUT2D eigenvalue weighted by atomic mass is 16.4. The summed E-state index contributed by atoms with van der Waals surface area (Å²) in [7, 11) is 0. The van der Waals surface area contributed by atoms with Crippen molar-refractivity contribution in [3.8, 4) is 12.3 Å². The topological polar surface area (TPSA) is 69.6 Å². The Bertz CT molecular complexity index is 383. The molecule has 0 saturated carbocycles. The van der Waals surface area contributed by atoms with Crippen LogP contribution in [0.15, 0.2) is 0 Å². The van der Waals surface area contributed by atoms with E-state index in [-0.39, 0.29) is 17.9 Å². The number of urea groups is 1. The highest BCUT2D eigenvalue weighted by molar-refractivity contribution is 5.83. The average Bonchev–Trinajstić information content (AvgIpc) is 2.83. The first-order valence-electron chi connectivity index (χ1n) is 6.69. The van der Waals surface area contributed by atoms with Crippen LogP contribution in [0.5, 0.6) is 0 Å². The molecule has 0 aromatic rings. The lowest BCUT2D eigenvalue weighted by molar-refractivity contribution is -0.139. The van der Waals surface area contributed by atoms with Gasteiger partial charge in [-0.2, -0.15) is 0 Å². The van der Waals surface area contributed by atoms with Crippen LogP contribution in [0.3, 0.4) is 0 Å². The molecule has 0 aliphatic carbocycles. The fourth-order valence-corrected chi connectivity index (χ4v) is 2.49. The molecule has 1 rings (SSSR count). The number of carboxylic acid groups (broad SMARTS) is 1. The molecule has 0 bridgehead atoms. The van der Waals surface area contributed by atoms with Gasteiger partial charge in [0.25, 0.3) is 0 Å². The van der Waals surface area contributed by atoms with E-state index in [1.807, 2.05) is 0 Å². The molecule has 2 amide bonds. The Balaban J connectivity index is 2.60. The van der Waals surface area contributed by atoms with Crippen LogP contribution >= 0.6 is 0 Å². The molecule has 0 aromatic heterocycles. The minimum absolute atomic E-state index is 0.00160. The highest BCUT2D eigenvalue weighted by Crippen LogP contribution is 2.36. The first-order chi connectivity index (χ1) is 8.98. The van der Waals surface area contributed by atoms with Crippen molar-refractivity contribution >= 4 is 12.0 Å². The van der Waals surface area contributed by atoms with Crippen molar-refractivity contribution in [2.75, 3.05) is 13.1 Å². The van der Waals surface area contributed by atoms with Gasteiger partial charge in [-0.3, -0.25) is 0 Å². The average molecular weight is 266 g/mol. The van der Waals surface area contributed by atoms with Crippen molar-refractivity contribution in [1.29, 1.82) is 0 Å². The van der Waals surface area contributed by atoms with Crippen molar-refractivity contribution in [3.63, 3.8) is 0 Å². The number of likely N-dealkylation sites (tertiary alicyclic amines) is 1. The maximum atomic E-state index is 12.0. The van der Waals surface area contributed by atoms with Crippen LogP contribution in [-0.4, -0.2) is 41.1 Å². The summed E-state index contributed by atoms with van der Waals surface area (Å²) >= 11 is 0. The van der Waals surface area contributed by atoms with E-state index in [4.69, 9.17) is 11.5 Å². The van der Waals surface area contributed by atoms with Crippen molar-refractivity contribution in [1.82, 2.24) is 10.2 Å². The molecule has 1 atom stereocenters. The van der Waals surface area contributed by atoms with Gasteiger partial charge in [-0.25, -0.2) is 9.59 Å². The van der Waals surface area contributed by atoms with Gasteiger partial charge in [0.15, 0.2) is 0 Å². The second kappa shape index (κ2) is 6.46. The first kappa shape index (κ1) is 15.4. The number of hydrogen-bond acceptors (Lipinski definition) is 2. The Morgan fingerprint density at radius 2 is 2.11 bits per heavy atom. The standard InChI is InChI=1S/C14H22N2O3/c1-4-7-11(12(17)18)15-13(19)16-9-8-14(5-2,6-3)10-16/h1,11H,5-10H2,2-3H3,(H,15,19)(H,17,18). The summed E-state index contributed by atoms with van der Waals surface area (Å²) < 4.78 is 0. The van der Waals surface area contributed by atoms with Crippen LogP contribution in [0.25, 0.3) is 0 Å². The Morgan fingerprint density at radius 3 is 2.53 bits per heavy atom. The van der Waals surface area contributed by atoms with E-state index in [9.17, 15) is 9.59 Å². The van der Waals surface area contributed by atoms with E-state index in [2.05, 4.69) is 25.1 Å². The van der Waals surface area contributed by atoms with Crippen LogP contribution in [0, 0.1) is 17.8 Å². The monoisotopic (exact) mass is 266 g/mol. The number of amides is 2. The summed E-state index contributed by atoms with van der Waals surface area (Å²) in [5, 5.41) is 11.5. The molecule has 1 heterocycles. The zero-order valence-corrected chi connectivity index (χ0v) is 11.6. The van der Waals surface area contributed by atoms with Gasteiger partial charge in [-0.15, -0.1) is 12.3 Å². The molecule has 0 aromatic carbocycles. The van der Waals surface area contributed by atoms with Gasteiger partial charge in [0.05, 0.1) is 0 Å². The van der Waals surface area contributed by atoms with Gasteiger partial charge in [0.1, 0.15) is 6.04 Å². The summed E-state index contributed by atoms with van der Waals surface area (Å²) in [6, 6.07) is -1.33. The predicted octanol–water partition coefficient (Wildman–Crippen LogP) is 1.68. The molecule has 19 heavy (non-hydrogen) atoms. The lowest BCUT2D eigenvalue weighted by Crippen LogP contribution is -2.47. The number of hydrogen-bond donors (Lipinski definition) is 2. The van der Waals surface area contributed by atoms with Gasteiger partial charge >= 0.3 is 12.0 Å². The number of carbonyl (C=O) groups is 2. The second-order valence-electron chi connectivity index (χ2n) is 5.13. The van der Waals surface area contributed by atoms with Crippen molar-refractivity contribution in [2.45, 2.75) is 45.6 Å². The number of aliphatic carboxylic acids is 1. The zero-order chi connectivity index (χ0) is 14.5. The summed E-state index contributed by atoms with van der Waals surface area (Å²) in [5.41, 5.74) is 0.183. The van der Waals surface area contributed by atoms with Crippen LogP contribution < -0.4 is 5.32 Å². The molecule has 5 nitrogen and oxygen atoms in total. The van der Waals surface area contributed by atoms with E-state index in [1.165, 1.54) is 0 Å². The summed E-state index contributed by atoms with van der Waals surface area (Å²) in [6.07, 6.45) is 8.13. The molecule has 0 spiro atoms. The SMILES string of the molecule is C#CCC(NC(=O)N1CCC(CC)(CC)C1)C(=O)O. The Hall–Kier alpha value is -1.70. The lowest BCUT2D eigenvalue weighted by atomic mass is 9.82. The third kappa shape index (κ3) is 3.63. The molecule has 1 fully saturated rings. The van der Waals surface area contributed by atoms with Crippen LogP contribution in [-0.2, 0) is 4.79 Å². The van der Waals surface area contributed by atoms with Gasteiger partial charge in [-0.1, -0.05) is 13.8 Å².